The molecule has 8 nitrogen and oxygen atoms in total. The molecule has 1 aliphatic rings. The Morgan fingerprint density at radius 3 is 2.34 bits per heavy atom. The number of aromatic nitrogens is 4. The standard InChI is InChI=1S/C21H25N5O3/c1-3-29-14-15-12-22-21(23-13-15)25-10-8-16(9-11-25)26-18-7-5-4-6-17(18)24(2)19(27)20(26)28/h4-7,12-13,16H,3,8-11,14H2,1-2H3. The molecule has 1 saturated heterocycles. The predicted octanol–water partition coefficient (Wildman–Crippen LogP) is 1.87. The van der Waals surface area contributed by atoms with Gasteiger partial charge in [-0.1, -0.05) is 12.1 Å². The summed E-state index contributed by atoms with van der Waals surface area (Å²) in [6.45, 7) is 4.58. The van der Waals surface area contributed by atoms with Crippen molar-refractivity contribution in [2.75, 3.05) is 24.6 Å². The summed E-state index contributed by atoms with van der Waals surface area (Å²) in [5, 5.41) is 0. The quantitative estimate of drug-likeness (QED) is 0.614. The van der Waals surface area contributed by atoms with Gasteiger partial charge < -0.3 is 14.2 Å². The number of aryl methyl sites for hydroxylation is 1. The maximum atomic E-state index is 12.8. The summed E-state index contributed by atoms with van der Waals surface area (Å²) in [6.07, 6.45) is 5.09. The molecule has 152 valence electrons. The molecule has 0 bridgehead atoms. The second-order valence-electron chi connectivity index (χ2n) is 7.27. The van der Waals surface area contributed by atoms with Gasteiger partial charge in [0.1, 0.15) is 0 Å². The minimum Gasteiger partial charge on any atom is -0.377 e. The summed E-state index contributed by atoms with van der Waals surface area (Å²) in [7, 11) is 1.64. The third kappa shape index (κ3) is 3.67. The maximum Gasteiger partial charge on any atom is 0.317 e. The van der Waals surface area contributed by atoms with Crippen molar-refractivity contribution in [1.82, 2.24) is 19.1 Å². The van der Waals surface area contributed by atoms with Crippen LogP contribution in [0.25, 0.3) is 11.0 Å². The second kappa shape index (κ2) is 8.16. The van der Waals surface area contributed by atoms with E-state index in [4.69, 9.17) is 4.74 Å². The normalized spacial score (nSPS) is 15.2. The van der Waals surface area contributed by atoms with Gasteiger partial charge in [0.15, 0.2) is 0 Å². The van der Waals surface area contributed by atoms with Crippen LogP contribution in [0.4, 0.5) is 5.95 Å². The molecule has 0 radical (unpaired) electrons. The minimum absolute atomic E-state index is 0.0187. The van der Waals surface area contributed by atoms with Crippen molar-refractivity contribution in [1.29, 1.82) is 0 Å². The number of anilines is 1. The molecule has 1 fully saturated rings. The summed E-state index contributed by atoms with van der Waals surface area (Å²) in [6, 6.07) is 7.54. The van der Waals surface area contributed by atoms with Gasteiger partial charge in [0.25, 0.3) is 0 Å². The Bertz CT molecular complexity index is 1110. The van der Waals surface area contributed by atoms with Gasteiger partial charge in [-0.05, 0) is 31.9 Å². The zero-order chi connectivity index (χ0) is 20.4. The molecular formula is C21H25N5O3. The molecule has 8 heteroatoms. The van der Waals surface area contributed by atoms with Crippen molar-refractivity contribution < 1.29 is 4.74 Å². The predicted molar refractivity (Wildman–Crippen MR) is 111 cm³/mol. The Hall–Kier alpha value is -3.00. The van der Waals surface area contributed by atoms with Crippen LogP contribution in [0.1, 0.15) is 31.4 Å². The molecule has 4 rings (SSSR count). The van der Waals surface area contributed by atoms with Gasteiger partial charge in [-0.25, -0.2) is 9.97 Å². The highest BCUT2D eigenvalue weighted by Gasteiger charge is 2.25. The Morgan fingerprint density at radius 1 is 1.03 bits per heavy atom. The fraction of sp³-hybridized carbons (Fsp3) is 0.429. The molecule has 3 aromatic rings. The van der Waals surface area contributed by atoms with Crippen LogP contribution in [-0.4, -0.2) is 38.8 Å². The largest absolute Gasteiger partial charge is 0.377 e. The average Bonchev–Trinajstić information content (AvgIpc) is 2.77. The molecule has 0 aliphatic carbocycles. The van der Waals surface area contributed by atoms with E-state index in [0.717, 1.165) is 42.5 Å². The van der Waals surface area contributed by atoms with Crippen LogP contribution in [0.5, 0.6) is 0 Å². The van der Waals surface area contributed by atoms with Crippen LogP contribution in [-0.2, 0) is 18.4 Å². The first kappa shape index (κ1) is 19.3. The van der Waals surface area contributed by atoms with Gasteiger partial charge in [0.2, 0.25) is 5.95 Å². The zero-order valence-electron chi connectivity index (χ0n) is 16.7. The molecule has 2 aromatic heterocycles. The lowest BCUT2D eigenvalue weighted by molar-refractivity contribution is 0.133. The average molecular weight is 395 g/mol. The number of nitrogens with zero attached hydrogens (tertiary/aromatic N) is 5. The number of benzene rings is 1. The van der Waals surface area contributed by atoms with Crippen molar-refractivity contribution in [3.8, 4) is 0 Å². The van der Waals surface area contributed by atoms with E-state index in [2.05, 4.69) is 14.9 Å². The molecule has 0 unspecified atom stereocenters. The van der Waals surface area contributed by atoms with Crippen LogP contribution in [0.15, 0.2) is 46.2 Å². The number of fused-ring (bicyclic) bond motifs is 1. The second-order valence-corrected chi connectivity index (χ2v) is 7.27. The highest BCUT2D eigenvalue weighted by molar-refractivity contribution is 5.75. The van der Waals surface area contributed by atoms with Crippen LogP contribution in [0, 0.1) is 0 Å². The van der Waals surface area contributed by atoms with Gasteiger partial charge in [-0.15, -0.1) is 0 Å². The molecule has 0 atom stereocenters. The van der Waals surface area contributed by atoms with Crippen LogP contribution >= 0.6 is 0 Å². The number of para-hydroxylation sites is 2. The van der Waals surface area contributed by atoms with Crippen molar-refractivity contribution in [3.05, 3.63) is 62.9 Å². The third-order valence-electron chi connectivity index (χ3n) is 5.49. The van der Waals surface area contributed by atoms with E-state index in [0.29, 0.717) is 19.2 Å². The van der Waals surface area contributed by atoms with Crippen LogP contribution in [0.2, 0.25) is 0 Å². The van der Waals surface area contributed by atoms with E-state index in [-0.39, 0.29) is 6.04 Å². The minimum atomic E-state index is -0.487. The molecule has 0 saturated carbocycles. The van der Waals surface area contributed by atoms with Crippen molar-refractivity contribution in [3.63, 3.8) is 0 Å². The van der Waals surface area contributed by atoms with Gasteiger partial charge in [-0.2, -0.15) is 0 Å². The van der Waals surface area contributed by atoms with E-state index in [9.17, 15) is 9.59 Å². The molecule has 29 heavy (non-hydrogen) atoms. The number of rotatable bonds is 5. The maximum absolute atomic E-state index is 12.8. The van der Waals surface area contributed by atoms with Gasteiger partial charge in [-0.3, -0.25) is 14.2 Å². The SMILES string of the molecule is CCOCc1cnc(N2CCC(n3c(=O)c(=O)n(C)c4ccccc43)CC2)nc1. The Labute approximate surface area is 168 Å². The van der Waals surface area contributed by atoms with E-state index < -0.39 is 11.1 Å². The smallest absolute Gasteiger partial charge is 0.317 e. The number of hydrogen-bond donors (Lipinski definition) is 0. The third-order valence-corrected chi connectivity index (χ3v) is 5.49. The molecule has 3 heterocycles. The number of hydrogen-bond acceptors (Lipinski definition) is 6. The molecule has 1 aliphatic heterocycles. The van der Waals surface area contributed by atoms with Gasteiger partial charge in [0.05, 0.1) is 17.6 Å². The van der Waals surface area contributed by atoms with Crippen LogP contribution < -0.4 is 16.0 Å². The molecule has 0 spiro atoms. The fourth-order valence-electron chi connectivity index (χ4n) is 3.91. The molecular weight excluding hydrogens is 370 g/mol. The van der Waals surface area contributed by atoms with Gasteiger partial charge >= 0.3 is 11.1 Å². The topological polar surface area (TPSA) is 82.3 Å². The number of ether oxygens (including phenoxy) is 1. The lowest BCUT2D eigenvalue weighted by atomic mass is 10.0. The summed E-state index contributed by atoms with van der Waals surface area (Å²) in [5.74, 6) is 0.685. The Balaban J connectivity index is 1.55. The number of piperidine rings is 1. The summed E-state index contributed by atoms with van der Waals surface area (Å²) >= 11 is 0. The summed E-state index contributed by atoms with van der Waals surface area (Å²) in [4.78, 5) is 36.2. The van der Waals surface area contributed by atoms with Crippen LogP contribution in [0.3, 0.4) is 0 Å². The lowest BCUT2D eigenvalue weighted by Gasteiger charge is -2.33. The first-order valence-corrected chi connectivity index (χ1v) is 9.94. The molecule has 0 amide bonds. The van der Waals surface area contributed by atoms with E-state index in [1.54, 1.807) is 24.0 Å². The first-order chi connectivity index (χ1) is 14.1. The summed E-state index contributed by atoms with van der Waals surface area (Å²) < 4.78 is 8.49. The monoisotopic (exact) mass is 395 g/mol. The van der Waals surface area contributed by atoms with Gasteiger partial charge in [0, 0.05) is 50.7 Å². The highest BCUT2D eigenvalue weighted by atomic mass is 16.5. The lowest BCUT2D eigenvalue weighted by Crippen LogP contribution is -2.45. The van der Waals surface area contributed by atoms with Crippen molar-refractivity contribution in [2.24, 2.45) is 7.05 Å². The van der Waals surface area contributed by atoms with Crippen molar-refractivity contribution in [2.45, 2.75) is 32.4 Å². The Morgan fingerprint density at radius 2 is 1.69 bits per heavy atom. The summed E-state index contributed by atoms with van der Waals surface area (Å²) in [5.41, 5.74) is 1.58. The van der Waals surface area contributed by atoms with E-state index in [1.807, 2.05) is 31.2 Å². The van der Waals surface area contributed by atoms with Crippen molar-refractivity contribution >= 4 is 17.0 Å². The van der Waals surface area contributed by atoms with E-state index in [1.165, 1.54) is 4.57 Å². The Kier molecular flexibility index (Phi) is 5.44. The molecule has 0 N–H and O–H groups in total. The zero-order valence-corrected chi connectivity index (χ0v) is 16.7. The van der Waals surface area contributed by atoms with E-state index >= 15 is 0 Å². The first-order valence-electron chi connectivity index (χ1n) is 9.94. The fourth-order valence-corrected chi connectivity index (χ4v) is 3.91. The highest BCUT2D eigenvalue weighted by Crippen LogP contribution is 2.26. The molecule has 1 aromatic carbocycles.